The average molecular weight is 502 g/mol. The lowest BCUT2D eigenvalue weighted by Gasteiger charge is -2.38. The first kappa shape index (κ1) is 22.5. The van der Waals surface area contributed by atoms with Gasteiger partial charge in [-0.15, -0.1) is 0 Å². The van der Waals surface area contributed by atoms with Crippen molar-refractivity contribution in [2.75, 3.05) is 12.0 Å². The highest BCUT2D eigenvalue weighted by molar-refractivity contribution is 6.24. The first-order chi connectivity index (χ1) is 18.6. The van der Waals surface area contributed by atoms with Crippen molar-refractivity contribution >= 4 is 39.8 Å². The van der Waals surface area contributed by atoms with Crippen molar-refractivity contribution in [1.82, 2.24) is 0 Å². The molecule has 38 heavy (non-hydrogen) atoms. The molecular formula is C32H23NO5. The number of fused-ring (bicyclic) bond motifs is 7. The van der Waals surface area contributed by atoms with Gasteiger partial charge in [0.2, 0.25) is 11.8 Å². The molecular weight excluding hydrogens is 478 g/mol. The summed E-state index contributed by atoms with van der Waals surface area (Å²) in [5.74, 6) is -2.92. The zero-order valence-electron chi connectivity index (χ0n) is 20.5. The Balaban J connectivity index is 1.42. The number of anilines is 1. The quantitative estimate of drug-likeness (QED) is 0.214. The van der Waals surface area contributed by atoms with Crippen molar-refractivity contribution in [3.63, 3.8) is 0 Å². The lowest BCUT2D eigenvalue weighted by molar-refractivity contribution is -0.142. The SMILES string of the molecule is COc1ccc(N2C(=O)[C@@H]3[C@@H]4C(=O)Oc5c(ccc6ccccc56)C4=C[C@@H](c4ccccc4)[C@H]3C2=O)cc1. The van der Waals surface area contributed by atoms with E-state index in [0.717, 1.165) is 27.5 Å². The fraction of sp³-hybridized carbons (Fsp3) is 0.156. The number of imide groups is 1. The molecule has 4 atom stereocenters. The second kappa shape index (κ2) is 8.42. The van der Waals surface area contributed by atoms with Crippen LogP contribution in [-0.4, -0.2) is 24.9 Å². The molecule has 6 heteroatoms. The third-order valence-electron chi connectivity index (χ3n) is 8.00. The Bertz CT molecular complexity index is 1660. The van der Waals surface area contributed by atoms with E-state index in [1.165, 1.54) is 4.90 Å². The van der Waals surface area contributed by atoms with Crippen LogP contribution in [0.5, 0.6) is 11.5 Å². The zero-order valence-corrected chi connectivity index (χ0v) is 20.5. The van der Waals surface area contributed by atoms with Gasteiger partial charge in [-0.25, -0.2) is 4.90 Å². The largest absolute Gasteiger partial charge is 0.497 e. The van der Waals surface area contributed by atoms with E-state index in [2.05, 4.69) is 0 Å². The highest BCUT2D eigenvalue weighted by atomic mass is 16.5. The first-order valence-electron chi connectivity index (χ1n) is 12.6. The number of hydrogen-bond acceptors (Lipinski definition) is 5. The molecule has 6 nitrogen and oxygen atoms in total. The van der Waals surface area contributed by atoms with Crippen LogP contribution < -0.4 is 14.4 Å². The number of rotatable bonds is 3. The Morgan fingerprint density at radius 2 is 1.47 bits per heavy atom. The van der Waals surface area contributed by atoms with E-state index < -0.39 is 23.7 Å². The number of esters is 1. The van der Waals surface area contributed by atoms with E-state index in [1.807, 2.05) is 72.8 Å². The number of allylic oxidation sites excluding steroid dienone is 1. The van der Waals surface area contributed by atoms with Crippen LogP contribution in [0.25, 0.3) is 16.3 Å². The molecule has 2 heterocycles. The van der Waals surface area contributed by atoms with Crippen LogP contribution in [0.15, 0.2) is 97.1 Å². The molecule has 0 spiro atoms. The van der Waals surface area contributed by atoms with Crippen molar-refractivity contribution in [3.8, 4) is 11.5 Å². The molecule has 3 aliphatic rings. The van der Waals surface area contributed by atoms with Crippen LogP contribution in [-0.2, 0) is 14.4 Å². The molecule has 4 aromatic rings. The third-order valence-corrected chi connectivity index (χ3v) is 8.00. The van der Waals surface area contributed by atoms with Gasteiger partial charge in [0, 0.05) is 16.9 Å². The van der Waals surface area contributed by atoms with Gasteiger partial charge in [0.15, 0.2) is 0 Å². The van der Waals surface area contributed by atoms with Crippen molar-refractivity contribution in [2.24, 2.45) is 17.8 Å². The topological polar surface area (TPSA) is 72.9 Å². The van der Waals surface area contributed by atoms with Crippen molar-refractivity contribution < 1.29 is 23.9 Å². The summed E-state index contributed by atoms with van der Waals surface area (Å²) in [6.07, 6.45) is 2.01. The molecule has 0 N–H and O–H groups in total. The normalized spacial score (nSPS) is 23.9. The molecule has 1 aliphatic carbocycles. The Morgan fingerprint density at radius 3 is 2.24 bits per heavy atom. The summed E-state index contributed by atoms with van der Waals surface area (Å²) >= 11 is 0. The van der Waals surface area contributed by atoms with Gasteiger partial charge >= 0.3 is 5.97 Å². The second-order valence-corrected chi connectivity index (χ2v) is 9.88. The van der Waals surface area contributed by atoms with Crippen LogP contribution in [0.4, 0.5) is 5.69 Å². The lowest BCUT2D eigenvalue weighted by Crippen LogP contribution is -2.42. The monoisotopic (exact) mass is 501 g/mol. The van der Waals surface area contributed by atoms with Crippen molar-refractivity contribution in [2.45, 2.75) is 5.92 Å². The van der Waals surface area contributed by atoms with Crippen LogP contribution in [0.3, 0.4) is 0 Å². The summed E-state index contributed by atoms with van der Waals surface area (Å²) in [6, 6.07) is 28.2. The molecule has 186 valence electrons. The van der Waals surface area contributed by atoms with E-state index >= 15 is 0 Å². The molecule has 0 radical (unpaired) electrons. The predicted molar refractivity (Wildman–Crippen MR) is 143 cm³/mol. The summed E-state index contributed by atoms with van der Waals surface area (Å²) < 4.78 is 11.2. The number of carbonyl (C=O) groups is 3. The number of hydrogen-bond donors (Lipinski definition) is 0. The van der Waals surface area contributed by atoms with Gasteiger partial charge in [-0.2, -0.15) is 0 Å². The first-order valence-corrected chi connectivity index (χ1v) is 12.6. The number of methoxy groups -OCH3 is 1. The highest BCUT2D eigenvalue weighted by Gasteiger charge is 2.60. The fourth-order valence-corrected chi connectivity index (χ4v) is 6.27. The Morgan fingerprint density at radius 1 is 0.763 bits per heavy atom. The number of carbonyl (C=O) groups excluding carboxylic acids is 3. The Labute approximate surface area is 219 Å². The highest BCUT2D eigenvalue weighted by Crippen LogP contribution is 2.55. The number of nitrogens with zero attached hydrogens (tertiary/aromatic N) is 1. The molecule has 1 saturated heterocycles. The van der Waals surface area contributed by atoms with E-state index in [1.54, 1.807) is 31.4 Å². The van der Waals surface area contributed by atoms with Gasteiger partial charge in [0.1, 0.15) is 11.5 Å². The van der Waals surface area contributed by atoms with Gasteiger partial charge in [-0.3, -0.25) is 14.4 Å². The molecule has 7 rings (SSSR count). The van der Waals surface area contributed by atoms with Crippen LogP contribution in [0, 0.1) is 17.8 Å². The summed E-state index contributed by atoms with van der Waals surface area (Å²) in [5.41, 5.74) is 2.91. The standard InChI is InChI=1S/C32H23NO5/c1-37-21-14-12-20(13-15-21)33-30(34)26-24(18-7-3-2-4-8-18)17-25-23-16-11-19-9-5-6-10-22(19)29(23)38-32(36)27(25)28(26)31(33)35/h2-17,24,26-28H,1H3/t24-,26+,27+,28-/m0/s1. The average Bonchev–Trinajstić information content (AvgIpc) is 3.22. The maximum atomic E-state index is 14.0. The zero-order chi connectivity index (χ0) is 26.0. The number of ether oxygens (including phenoxy) is 2. The van der Waals surface area contributed by atoms with Crippen molar-refractivity contribution in [1.29, 1.82) is 0 Å². The van der Waals surface area contributed by atoms with E-state index in [9.17, 15) is 14.4 Å². The molecule has 0 bridgehead atoms. The maximum absolute atomic E-state index is 14.0. The van der Waals surface area contributed by atoms with Gasteiger partial charge in [-0.1, -0.05) is 72.8 Å². The number of amides is 2. The lowest BCUT2D eigenvalue weighted by atomic mass is 9.64. The van der Waals surface area contributed by atoms with Gasteiger partial charge < -0.3 is 9.47 Å². The molecule has 4 aromatic carbocycles. The maximum Gasteiger partial charge on any atom is 0.319 e. The van der Waals surface area contributed by atoms with Crippen LogP contribution in [0.2, 0.25) is 0 Å². The van der Waals surface area contributed by atoms with Gasteiger partial charge in [0.25, 0.3) is 0 Å². The van der Waals surface area contributed by atoms with Crippen LogP contribution >= 0.6 is 0 Å². The number of benzene rings is 4. The summed E-state index contributed by atoms with van der Waals surface area (Å²) in [4.78, 5) is 42.9. The molecule has 2 aliphatic heterocycles. The van der Waals surface area contributed by atoms with Crippen molar-refractivity contribution in [3.05, 3.63) is 108 Å². The minimum Gasteiger partial charge on any atom is -0.497 e. The summed E-state index contributed by atoms with van der Waals surface area (Å²) in [6.45, 7) is 0. The van der Waals surface area contributed by atoms with E-state index in [0.29, 0.717) is 17.2 Å². The predicted octanol–water partition coefficient (Wildman–Crippen LogP) is 5.37. The molecule has 0 aromatic heterocycles. The summed E-state index contributed by atoms with van der Waals surface area (Å²) in [5, 5.41) is 1.80. The Kier molecular flexibility index (Phi) is 4.98. The second-order valence-electron chi connectivity index (χ2n) is 9.88. The molecule has 1 fully saturated rings. The molecule has 0 saturated carbocycles. The fourth-order valence-electron chi connectivity index (χ4n) is 6.27. The minimum absolute atomic E-state index is 0.313. The summed E-state index contributed by atoms with van der Waals surface area (Å²) in [7, 11) is 1.56. The van der Waals surface area contributed by atoms with E-state index in [4.69, 9.17) is 9.47 Å². The minimum atomic E-state index is -0.873. The van der Waals surface area contributed by atoms with E-state index in [-0.39, 0.29) is 17.7 Å². The van der Waals surface area contributed by atoms with Crippen LogP contribution in [0.1, 0.15) is 17.0 Å². The third kappa shape index (κ3) is 3.16. The molecule has 0 unspecified atom stereocenters. The Hall–Kier alpha value is -4.71. The van der Waals surface area contributed by atoms with Gasteiger partial charge in [0.05, 0.1) is 30.6 Å². The van der Waals surface area contributed by atoms with Gasteiger partial charge in [-0.05, 0) is 40.8 Å². The molecule has 2 amide bonds. The smallest absolute Gasteiger partial charge is 0.319 e.